The molecule has 0 aromatic carbocycles. The maximum atomic E-state index is 14.5. The zero-order valence-electron chi connectivity index (χ0n) is 44.3. The summed E-state index contributed by atoms with van der Waals surface area (Å²) in [6.45, 7) is 28.9. The van der Waals surface area contributed by atoms with E-state index in [0.29, 0.717) is 56.7 Å². The Bertz CT molecular complexity index is 2350. The highest BCUT2D eigenvalue weighted by atomic mass is 16.5. The summed E-state index contributed by atoms with van der Waals surface area (Å²) in [5, 5.41) is 9.67. The van der Waals surface area contributed by atoms with Gasteiger partial charge >= 0.3 is 0 Å². The van der Waals surface area contributed by atoms with Crippen LogP contribution in [0.15, 0.2) is 36.8 Å². The van der Waals surface area contributed by atoms with E-state index in [1.807, 2.05) is 24.7 Å². The molecule has 2 saturated carbocycles. The Labute approximate surface area is 423 Å². The number of hydrogen-bond donors (Lipinski definition) is 3. The molecule has 3 aromatic rings. The first-order valence-corrected chi connectivity index (χ1v) is 26.8. The van der Waals surface area contributed by atoms with Gasteiger partial charge in [-0.05, 0) is 140 Å². The van der Waals surface area contributed by atoms with Crippen LogP contribution >= 0.6 is 0 Å². The number of carbonyl (C=O) groups is 3. The van der Waals surface area contributed by atoms with Crippen molar-refractivity contribution in [2.45, 2.75) is 139 Å². The zero-order chi connectivity index (χ0) is 50.4. The van der Waals surface area contributed by atoms with Crippen LogP contribution < -0.4 is 16.0 Å². The molecule has 3 amide bonds. The molecule has 3 aliphatic heterocycles. The Morgan fingerprint density at radius 2 is 1.06 bits per heavy atom. The van der Waals surface area contributed by atoms with Crippen LogP contribution in [0, 0.1) is 34.0 Å². The Kier molecular flexibility index (Phi) is 16.7. The predicted octanol–water partition coefficient (Wildman–Crippen LogP) is 8.20. The van der Waals surface area contributed by atoms with Crippen LogP contribution in [0.1, 0.15) is 133 Å². The van der Waals surface area contributed by atoms with Crippen molar-refractivity contribution in [1.29, 1.82) is 0 Å². The lowest BCUT2D eigenvalue weighted by Crippen LogP contribution is -2.37. The average Bonchev–Trinajstić information content (AvgIpc) is 4.25. The smallest absolute Gasteiger partial charge is 0.232 e. The van der Waals surface area contributed by atoms with E-state index in [1.54, 1.807) is 0 Å². The summed E-state index contributed by atoms with van der Waals surface area (Å²) in [5.41, 5.74) is 4.87. The molecule has 388 valence electrons. The van der Waals surface area contributed by atoms with Crippen LogP contribution in [0.2, 0.25) is 0 Å². The van der Waals surface area contributed by atoms with Gasteiger partial charge in [0.2, 0.25) is 17.7 Å². The fourth-order valence-electron chi connectivity index (χ4n) is 12.0. The molecule has 15 heteroatoms. The fraction of sp³-hybridized carbons (Fsp3) is 0.679. The minimum atomic E-state index is -0.623. The number of aryl methyl sites for hydroxylation is 3. The standard InChI is InChI=1S/C56H83N9O6/c1-9-55(10-2,15-12-13-41-35-58-48(62-51(68)56(11-3)17-18-56)32-44(41)38-64-21-27-70-28-22-64)50(67)61-47-33-45(39-65-23-29-71-30-24-65)42(36-59-47)14-16-53(7)52(5,6)54(53,8)49(66)60-46-31-43(40(4)34-57-46)37-63-19-25-69-26-20-63/h31-36H,9-30,37-39H2,1-8H3,(H,57,60,66)(H,58,62,68)(H,59,61,67). The molecular weight excluding hydrogens is 895 g/mol. The molecule has 15 nitrogen and oxygen atoms in total. The van der Waals surface area contributed by atoms with Gasteiger partial charge in [0.1, 0.15) is 17.5 Å². The normalized spacial score (nSPS) is 23.5. The minimum Gasteiger partial charge on any atom is -0.379 e. The first-order chi connectivity index (χ1) is 34.1. The van der Waals surface area contributed by atoms with E-state index in [4.69, 9.17) is 24.2 Å². The highest BCUT2D eigenvalue weighted by Crippen LogP contribution is 2.79. The van der Waals surface area contributed by atoms with E-state index >= 15 is 0 Å². The van der Waals surface area contributed by atoms with Gasteiger partial charge in [0, 0.05) is 88.3 Å². The summed E-state index contributed by atoms with van der Waals surface area (Å²) in [7, 11) is 0. The lowest BCUT2D eigenvalue weighted by atomic mass is 9.76. The van der Waals surface area contributed by atoms with Crippen LogP contribution in [0.25, 0.3) is 0 Å². The fourth-order valence-corrected chi connectivity index (χ4v) is 12.0. The molecule has 6 heterocycles. The summed E-state index contributed by atoms with van der Waals surface area (Å²) >= 11 is 0. The van der Waals surface area contributed by atoms with Gasteiger partial charge in [-0.15, -0.1) is 0 Å². The molecule has 71 heavy (non-hydrogen) atoms. The summed E-state index contributed by atoms with van der Waals surface area (Å²) in [6, 6.07) is 6.18. The van der Waals surface area contributed by atoms with Crippen LogP contribution in [0.3, 0.4) is 0 Å². The zero-order valence-corrected chi connectivity index (χ0v) is 44.3. The van der Waals surface area contributed by atoms with Crippen molar-refractivity contribution in [3.8, 4) is 0 Å². The summed E-state index contributed by atoms with van der Waals surface area (Å²) in [4.78, 5) is 63.6. The number of anilines is 3. The van der Waals surface area contributed by atoms with Gasteiger partial charge < -0.3 is 30.2 Å². The quantitative estimate of drug-likeness (QED) is 0.0887. The summed E-state index contributed by atoms with van der Waals surface area (Å²) in [5.74, 6) is 1.85. The van der Waals surface area contributed by atoms with Gasteiger partial charge in [-0.25, -0.2) is 15.0 Å². The average molecular weight is 978 g/mol. The second-order valence-electron chi connectivity index (χ2n) is 22.3. The third kappa shape index (κ3) is 11.4. The molecule has 2 atom stereocenters. The molecule has 5 aliphatic rings. The van der Waals surface area contributed by atoms with Crippen molar-refractivity contribution in [3.05, 3.63) is 70.2 Å². The number of nitrogens with one attached hydrogen (secondary N) is 3. The molecule has 3 N–H and O–H groups in total. The molecule has 5 fully saturated rings. The van der Waals surface area contributed by atoms with Gasteiger partial charge in [-0.3, -0.25) is 29.1 Å². The van der Waals surface area contributed by atoms with Crippen LogP contribution in [0.5, 0.6) is 0 Å². The van der Waals surface area contributed by atoms with Crippen LogP contribution in [-0.2, 0) is 61.1 Å². The number of carbonyl (C=O) groups excluding carboxylic acids is 3. The highest BCUT2D eigenvalue weighted by molar-refractivity contribution is 5.99. The van der Waals surface area contributed by atoms with Gasteiger partial charge in [0.25, 0.3) is 0 Å². The minimum absolute atomic E-state index is 0.0000275. The van der Waals surface area contributed by atoms with E-state index in [1.165, 1.54) is 11.1 Å². The molecule has 8 rings (SSSR count). The largest absolute Gasteiger partial charge is 0.379 e. The number of hydrogen-bond acceptors (Lipinski definition) is 12. The lowest BCUT2D eigenvalue weighted by Gasteiger charge is -2.31. The molecule has 2 aliphatic carbocycles. The maximum absolute atomic E-state index is 14.5. The Morgan fingerprint density at radius 3 is 1.55 bits per heavy atom. The van der Waals surface area contributed by atoms with Crippen molar-refractivity contribution in [3.63, 3.8) is 0 Å². The number of amides is 3. The van der Waals surface area contributed by atoms with Crippen molar-refractivity contribution in [2.75, 3.05) is 94.9 Å². The van der Waals surface area contributed by atoms with E-state index in [2.05, 4.69) is 103 Å². The van der Waals surface area contributed by atoms with Crippen molar-refractivity contribution < 1.29 is 28.6 Å². The highest BCUT2D eigenvalue weighted by Gasteiger charge is 2.79. The summed E-state index contributed by atoms with van der Waals surface area (Å²) < 4.78 is 16.9. The first-order valence-electron chi connectivity index (χ1n) is 26.8. The van der Waals surface area contributed by atoms with E-state index in [0.717, 1.165) is 146 Å². The molecule has 0 bridgehead atoms. The lowest BCUT2D eigenvalue weighted by molar-refractivity contribution is -0.126. The second kappa shape index (κ2) is 22.4. The molecule has 3 aromatic heterocycles. The van der Waals surface area contributed by atoms with Crippen LogP contribution in [-0.4, -0.2) is 126 Å². The van der Waals surface area contributed by atoms with Crippen molar-refractivity contribution in [2.24, 2.45) is 27.1 Å². The first kappa shape index (κ1) is 52.9. The van der Waals surface area contributed by atoms with Crippen molar-refractivity contribution >= 4 is 35.2 Å². The van der Waals surface area contributed by atoms with Gasteiger partial charge in [0.05, 0.1) is 45.1 Å². The number of pyridine rings is 3. The van der Waals surface area contributed by atoms with E-state index < -0.39 is 10.8 Å². The van der Waals surface area contributed by atoms with Crippen molar-refractivity contribution in [1.82, 2.24) is 29.7 Å². The molecule has 3 saturated heterocycles. The number of rotatable bonds is 22. The molecule has 0 radical (unpaired) electrons. The Hall–Kier alpha value is -4.38. The molecular formula is C56H83N9O6. The Balaban J connectivity index is 0.936. The second-order valence-corrected chi connectivity index (χ2v) is 22.3. The number of aromatic nitrogens is 3. The summed E-state index contributed by atoms with van der Waals surface area (Å²) in [6.07, 6.45) is 13.7. The molecule has 0 spiro atoms. The third-order valence-electron chi connectivity index (χ3n) is 18.6. The Morgan fingerprint density at radius 1 is 0.606 bits per heavy atom. The van der Waals surface area contributed by atoms with Gasteiger partial charge in [-0.2, -0.15) is 0 Å². The molecule has 2 unspecified atom stereocenters. The van der Waals surface area contributed by atoms with Crippen LogP contribution in [0.4, 0.5) is 17.5 Å². The predicted molar refractivity (Wildman–Crippen MR) is 278 cm³/mol. The third-order valence-corrected chi connectivity index (χ3v) is 18.6. The number of morpholine rings is 3. The van der Waals surface area contributed by atoms with Gasteiger partial charge in [0.15, 0.2) is 0 Å². The maximum Gasteiger partial charge on any atom is 0.232 e. The van der Waals surface area contributed by atoms with E-state index in [-0.39, 0.29) is 34.0 Å². The van der Waals surface area contributed by atoms with E-state index in [9.17, 15) is 14.4 Å². The SMILES string of the molecule is CCC(CC)(CCCc1cnc(NC(=O)C2(CC)CC2)cc1CN1CCOCC1)C(=O)Nc1cc(CN2CCOCC2)c(CCC2(C)C(C)(C)C2(C)C(=O)Nc2cc(CN3CCOCC3)c(C)cn2)cn1. The number of ether oxygens (including phenoxy) is 3. The topological polar surface area (TPSA) is 163 Å². The number of nitrogens with zero attached hydrogens (tertiary/aromatic N) is 6. The van der Waals surface area contributed by atoms with Gasteiger partial charge in [-0.1, -0.05) is 41.5 Å². The monoisotopic (exact) mass is 978 g/mol.